The Bertz CT molecular complexity index is 850. The summed E-state index contributed by atoms with van der Waals surface area (Å²) >= 11 is 1.04. The van der Waals surface area contributed by atoms with Crippen LogP contribution in [0.5, 0.6) is 0 Å². The maximum Gasteiger partial charge on any atom is 0.350 e. The second kappa shape index (κ2) is 7.22. The van der Waals surface area contributed by atoms with Crippen molar-refractivity contribution in [2.24, 2.45) is 0 Å². The number of sulfonamides is 1. The van der Waals surface area contributed by atoms with Crippen molar-refractivity contribution in [1.29, 1.82) is 0 Å². The number of aromatic nitrogens is 2. The molecule has 10 heteroatoms. The minimum Gasteiger partial charge on any atom is -0.451 e. The Morgan fingerprint density at radius 3 is 2.76 bits per heavy atom. The summed E-state index contributed by atoms with van der Waals surface area (Å²) in [6.07, 6.45) is 1.66. The van der Waals surface area contributed by atoms with Crippen LogP contribution in [0, 0.1) is 0 Å². The highest BCUT2D eigenvalue weighted by molar-refractivity contribution is 7.89. The van der Waals surface area contributed by atoms with Gasteiger partial charge in [0.25, 0.3) is 5.89 Å². The minimum absolute atomic E-state index is 0.00204. The van der Waals surface area contributed by atoms with Gasteiger partial charge in [-0.25, -0.2) is 13.2 Å². The summed E-state index contributed by atoms with van der Waals surface area (Å²) in [5.74, 6) is 0.0943. The molecule has 1 fully saturated rings. The molecule has 8 nitrogen and oxygen atoms in total. The highest BCUT2D eigenvalue weighted by Crippen LogP contribution is 2.28. The summed E-state index contributed by atoms with van der Waals surface area (Å²) in [6.45, 7) is 4.60. The number of rotatable bonds is 6. The van der Waals surface area contributed by atoms with Gasteiger partial charge in [-0.2, -0.15) is 9.29 Å². The lowest BCUT2D eigenvalue weighted by atomic mass is 10.2. The Morgan fingerprint density at radius 2 is 2.12 bits per heavy atom. The number of esters is 1. The van der Waals surface area contributed by atoms with Crippen LogP contribution in [0.25, 0.3) is 0 Å². The Hall–Kier alpha value is -1.78. The molecule has 0 spiro atoms. The molecule has 3 rings (SSSR count). The average molecular weight is 385 g/mol. The summed E-state index contributed by atoms with van der Waals surface area (Å²) in [7, 11) is -3.67. The molecule has 1 aliphatic rings. The SMILES string of the molecule is CC(C)c1noc(COC(=O)c2sccc2S(=O)(=O)N2CCCC2)n1. The molecular formula is C15H19N3O5S2. The number of carbonyl (C=O) groups is 1. The van der Waals surface area contributed by atoms with Crippen molar-refractivity contribution in [3.05, 3.63) is 28.0 Å². The fourth-order valence-electron chi connectivity index (χ4n) is 2.47. The van der Waals surface area contributed by atoms with Crippen molar-refractivity contribution >= 4 is 27.3 Å². The number of hydrogen-bond donors (Lipinski definition) is 0. The van der Waals surface area contributed by atoms with Crippen LogP contribution in [0.3, 0.4) is 0 Å². The van der Waals surface area contributed by atoms with Crippen LogP contribution in [-0.2, 0) is 21.4 Å². The topological polar surface area (TPSA) is 103 Å². The molecule has 0 aromatic carbocycles. The molecule has 0 N–H and O–H groups in total. The van der Waals surface area contributed by atoms with E-state index in [4.69, 9.17) is 9.26 Å². The van der Waals surface area contributed by atoms with Crippen molar-refractivity contribution in [2.45, 2.75) is 44.1 Å². The highest BCUT2D eigenvalue weighted by atomic mass is 32.2. The summed E-state index contributed by atoms with van der Waals surface area (Å²) in [6, 6.07) is 1.44. The van der Waals surface area contributed by atoms with E-state index in [2.05, 4.69) is 10.1 Å². The average Bonchev–Trinajstić information content (AvgIpc) is 3.33. The van der Waals surface area contributed by atoms with Crippen LogP contribution < -0.4 is 0 Å². The van der Waals surface area contributed by atoms with E-state index in [-0.39, 0.29) is 28.2 Å². The Kier molecular flexibility index (Phi) is 5.21. The molecule has 0 aliphatic carbocycles. The fraction of sp³-hybridized carbons (Fsp3) is 0.533. The third-order valence-electron chi connectivity index (χ3n) is 3.82. The molecule has 0 saturated carbocycles. The molecule has 3 heterocycles. The van der Waals surface area contributed by atoms with Gasteiger partial charge in [-0.15, -0.1) is 11.3 Å². The Morgan fingerprint density at radius 1 is 1.40 bits per heavy atom. The van der Waals surface area contributed by atoms with Gasteiger partial charge < -0.3 is 9.26 Å². The Balaban J connectivity index is 1.72. The van der Waals surface area contributed by atoms with Crippen molar-refractivity contribution in [3.63, 3.8) is 0 Å². The maximum absolute atomic E-state index is 12.7. The summed E-state index contributed by atoms with van der Waals surface area (Å²) in [5, 5.41) is 5.36. The van der Waals surface area contributed by atoms with Crippen molar-refractivity contribution in [2.75, 3.05) is 13.1 Å². The number of nitrogens with zero attached hydrogens (tertiary/aromatic N) is 3. The zero-order valence-corrected chi connectivity index (χ0v) is 15.6. The second-order valence-corrected chi connectivity index (χ2v) is 8.82. The molecule has 1 saturated heterocycles. The largest absolute Gasteiger partial charge is 0.451 e. The first-order valence-corrected chi connectivity index (χ1v) is 10.3. The smallest absolute Gasteiger partial charge is 0.350 e. The standard InChI is InChI=1S/C15H19N3O5S2/c1-10(2)14-16-12(23-17-14)9-22-15(19)13-11(5-8-24-13)25(20,21)18-6-3-4-7-18/h5,8,10H,3-4,6-7,9H2,1-2H3. The molecule has 1 aliphatic heterocycles. The quantitative estimate of drug-likeness (QED) is 0.703. The first-order valence-electron chi connectivity index (χ1n) is 7.97. The summed E-state index contributed by atoms with van der Waals surface area (Å²) < 4.78 is 36.9. The van der Waals surface area contributed by atoms with Gasteiger partial charge >= 0.3 is 5.97 Å². The van der Waals surface area contributed by atoms with E-state index in [1.807, 2.05) is 13.8 Å². The number of hydrogen-bond acceptors (Lipinski definition) is 8. The minimum atomic E-state index is -3.67. The third kappa shape index (κ3) is 3.75. The van der Waals surface area contributed by atoms with Gasteiger partial charge in [0, 0.05) is 19.0 Å². The van der Waals surface area contributed by atoms with E-state index >= 15 is 0 Å². The molecule has 136 valence electrons. The van der Waals surface area contributed by atoms with Crippen LogP contribution >= 0.6 is 11.3 Å². The third-order valence-corrected chi connectivity index (χ3v) is 6.79. The maximum atomic E-state index is 12.7. The molecule has 0 radical (unpaired) electrons. The predicted molar refractivity (Wildman–Crippen MR) is 89.8 cm³/mol. The van der Waals surface area contributed by atoms with Gasteiger partial charge in [-0.05, 0) is 24.3 Å². The lowest BCUT2D eigenvalue weighted by molar-refractivity contribution is 0.0431. The molecule has 0 atom stereocenters. The zero-order chi connectivity index (χ0) is 18.0. The highest BCUT2D eigenvalue weighted by Gasteiger charge is 2.32. The first kappa shape index (κ1) is 18.0. The summed E-state index contributed by atoms with van der Waals surface area (Å²) in [4.78, 5) is 16.5. The number of ether oxygens (including phenoxy) is 1. The van der Waals surface area contributed by atoms with E-state index in [0.717, 1.165) is 24.2 Å². The van der Waals surface area contributed by atoms with E-state index in [9.17, 15) is 13.2 Å². The van der Waals surface area contributed by atoms with Gasteiger partial charge in [-0.3, -0.25) is 0 Å². The first-order chi connectivity index (χ1) is 11.9. The molecule has 0 unspecified atom stereocenters. The van der Waals surface area contributed by atoms with Crippen molar-refractivity contribution < 1.29 is 22.5 Å². The fourth-order valence-corrected chi connectivity index (χ4v) is 5.27. The molecule has 2 aromatic heterocycles. The van der Waals surface area contributed by atoms with Crippen LogP contribution in [0.4, 0.5) is 0 Å². The number of carbonyl (C=O) groups excluding carboxylic acids is 1. The van der Waals surface area contributed by atoms with Crippen LogP contribution in [0.15, 0.2) is 20.9 Å². The molecule has 0 bridgehead atoms. The van der Waals surface area contributed by atoms with Crippen molar-refractivity contribution in [1.82, 2.24) is 14.4 Å². The molecule has 25 heavy (non-hydrogen) atoms. The molecule has 0 amide bonds. The summed E-state index contributed by atoms with van der Waals surface area (Å²) in [5.41, 5.74) is 0. The van der Waals surface area contributed by atoms with Gasteiger partial charge in [0.1, 0.15) is 9.77 Å². The van der Waals surface area contributed by atoms with E-state index < -0.39 is 16.0 Å². The predicted octanol–water partition coefficient (Wildman–Crippen LogP) is 2.40. The second-order valence-electron chi connectivity index (χ2n) is 6.00. The molecule has 2 aromatic rings. The van der Waals surface area contributed by atoms with E-state index in [0.29, 0.717) is 18.9 Å². The van der Waals surface area contributed by atoms with Gasteiger partial charge in [0.05, 0.1) is 0 Å². The van der Waals surface area contributed by atoms with Gasteiger partial charge in [-0.1, -0.05) is 19.0 Å². The van der Waals surface area contributed by atoms with Crippen molar-refractivity contribution in [3.8, 4) is 0 Å². The number of thiophene rings is 1. The van der Waals surface area contributed by atoms with Gasteiger partial charge in [0.2, 0.25) is 10.0 Å². The van der Waals surface area contributed by atoms with Gasteiger partial charge in [0.15, 0.2) is 12.4 Å². The van der Waals surface area contributed by atoms with E-state index in [1.165, 1.54) is 10.4 Å². The lowest BCUT2D eigenvalue weighted by Crippen LogP contribution is -2.28. The zero-order valence-electron chi connectivity index (χ0n) is 14.0. The van der Waals surface area contributed by atoms with Crippen LogP contribution in [0.2, 0.25) is 0 Å². The van der Waals surface area contributed by atoms with Crippen LogP contribution in [-0.4, -0.2) is 41.9 Å². The molecular weight excluding hydrogens is 366 g/mol. The van der Waals surface area contributed by atoms with E-state index in [1.54, 1.807) is 5.38 Å². The normalized spacial score (nSPS) is 15.8. The van der Waals surface area contributed by atoms with Crippen LogP contribution in [0.1, 0.15) is 54.0 Å². The lowest BCUT2D eigenvalue weighted by Gasteiger charge is -2.15. The monoisotopic (exact) mass is 385 g/mol. The Labute approximate surface area is 149 Å².